The number of hydrogen-bond acceptors (Lipinski definition) is 0. The first-order valence-corrected chi connectivity index (χ1v) is 5.23. The molecular formula is C11H22. The summed E-state index contributed by atoms with van der Waals surface area (Å²) in [5.74, 6) is 1.03. The summed E-state index contributed by atoms with van der Waals surface area (Å²) in [7, 11) is 0. The molecule has 0 nitrogen and oxygen atoms in total. The van der Waals surface area contributed by atoms with Gasteiger partial charge in [0.25, 0.3) is 0 Å². The quantitative estimate of drug-likeness (QED) is 0.576. The van der Waals surface area contributed by atoms with Gasteiger partial charge in [0.1, 0.15) is 0 Å². The molecule has 0 heterocycles. The molecule has 0 radical (unpaired) electrons. The van der Waals surface area contributed by atoms with Gasteiger partial charge in [-0.05, 0) is 30.6 Å². The van der Waals surface area contributed by atoms with Gasteiger partial charge in [0.15, 0.2) is 0 Å². The Bertz CT molecular complexity index is 117. The van der Waals surface area contributed by atoms with Crippen molar-refractivity contribution in [3.8, 4) is 0 Å². The fourth-order valence-corrected chi connectivity index (χ4v) is 2.90. The molecule has 0 saturated heterocycles. The van der Waals surface area contributed by atoms with Gasteiger partial charge in [-0.3, -0.25) is 0 Å². The molecule has 1 fully saturated rings. The molecule has 11 heavy (non-hydrogen) atoms. The second kappa shape index (κ2) is 3.60. The Kier molecular flexibility index (Phi) is 2.98. The van der Waals surface area contributed by atoms with Crippen molar-refractivity contribution in [1.29, 1.82) is 0 Å². The summed E-state index contributed by atoms with van der Waals surface area (Å²) < 4.78 is 0. The lowest BCUT2D eigenvalue weighted by molar-refractivity contribution is 0.202. The fraction of sp³-hybridized carbons (Fsp3) is 1.00. The highest BCUT2D eigenvalue weighted by Gasteiger charge is 2.36. The first-order chi connectivity index (χ1) is 5.23. The van der Waals surface area contributed by atoms with Crippen molar-refractivity contribution in [2.75, 3.05) is 0 Å². The van der Waals surface area contributed by atoms with Crippen LogP contribution in [0, 0.1) is 11.3 Å². The Labute approximate surface area is 71.4 Å². The van der Waals surface area contributed by atoms with Crippen LogP contribution in [-0.2, 0) is 0 Å². The summed E-state index contributed by atoms with van der Waals surface area (Å²) in [4.78, 5) is 0. The van der Waals surface area contributed by atoms with Crippen molar-refractivity contribution >= 4 is 0 Å². The zero-order chi connectivity index (χ0) is 8.32. The number of hydrogen-bond donors (Lipinski definition) is 0. The largest absolute Gasteiger partial charge is 0.0654 e. The Morgan fingerprint density at radius 3 is 2.64 bits per heavy atom. The molecule has 1 unspecified atom stereocenters. The molecule has 0 amide bonds. The third-order valence-electron chi connectivity index (χ3n) is 3.60. The molecule has 1 aliphatic rings. The number of rotatable bonds is 3. The smallest absolute Gasteiger partial charge is 0.0298 e. The summed E-state index contributed by atoms with van der Waals surface area (Å²) >= 11 is 0. The van der Waals surface area contributed by atoms with E-state index in [0.29, 0.717) is 5.41 Å². The minimum Gasteiger partial charge on any atom is -0.0654 e. The molecule has 0 bridgehead atoms. The van der Waals surface area contributed by atoms with Crippen LogP contribution in [0.1, 0.15) is 59.3 Å². The molecule has 1 saturated carbocycles. The summed E-state index contributed by atoms with van der Waals surface area (Å²) in [6.07, 6.45) is 8.68. The monoisotopic (exact) mass is 154 g/mol. The van der Waals surface area contributed by atoms with Gasteiger partial charge in [0.05, 0.1) is 0 Å². The van der Waals surface area contributed by atoms with Gasteiger partial charge in [0, 0.05) is 0 Å². The zero-order valence-corrected chi connectivity index (χ0v) is 8.32. The third-order valence-corrected chi connectivity index (χ3v) is 3.60. The first kappa shape index (κ1) is 9.09. The highest BCUT2D eigenvalue weighted by Crippen LogP contribution is 2.47. The Morgan fingerprint density at radius 1 is 1.36 bits per heavy atom. The maximum absolute atomic E-state index is 2.50. The van der Waals surface area contributed by atoms with E-state index in [0.717, 1.165) is 5.92 Å². The molecular weight excluding hydrogens is 132 g/mol. The SMILES string of the molecule is CCC[C@@]1(C)CCCC1CC. The fourth-order valence-electron chi connectivity index (χ4n) is 2.90. The molecule has 0 N–H and O–H groups in total. The van der Waals surface area contributed by atoms with E-state index < -0.39 is 0 Å². The van der Waals surface area contributed by atoms with Gasteiger partial charge in [-0.2, -0.15) is 0 Å². The molecule has 0 aromatic carbocycles. The van der Waals surface area contributed by atoms with Gasteiger partial charge < -0.3 is 0 Å². The van der Waals surface area contributed by atoms with Crippen molar-refractivity contribution in [1.82, 2.24) is 0 Å². The molecule has 0 aromatic heterocycles. The third kappa shape index (κ3) is 1.77. The van der Waals surface area contributed by atoms with Crippen molar-refractivity contribution in [3.05, 3.63) is 0 Å². The van der Waals surface area contributed by atoms with Gasteiger partial charge >= 0.3 is 0 Å². The normalized spacial score (nSPS) is 37.9. The van der Waals surface area contributed by atoms with Crippen LogP contribution < -0.4 is 0 Å². The lowest BCUT2D eigenvalue weighted by Crippen LogP contribution is -2.20. The Balaban J connectivity index is 2.51. The standard InChI is InChI=1S/C11H22/c1-4-8-11(3)9-6-7-10(11)5-2/h10H,4-9H2,1-3H3/t10?,11-/m0/s1. The van der Waals surface area contributed by atoms with E-state index >= 15 is 0 Å². The van der Waals surface area contributed by atoms with Gasteiger partial charge in [-0.25, -0.2) is 0 Å². The zero-order valence-electron chi connectivity index (χ0n) is 8.32. The van der Waals surface area contributed by atoms with E-state index in [4.69, 9.17) is 0 Å². The molecule has 1 aliphatic carbocycles. The average molecular weight is 154 g/mol. The van der Waals surface area contributed by atoms with Crippen LogP contribution in [0.3, 0.4) is 0 Å². The molecule has 0 aliphatic heterocycles. The van der Waals surface area contributed by atoms with Gasteiger partial charge in [-0.15, -0.1) is 0 Å². The summed E-state index contributed by atoms with van der Waals surface area (Å²) in [5.41, 5.74) is 0.712. The van der Waals surface area contributed by atoms with E-state index in [1.165, 1.54) is 38.5 Å². The van der Waals surface area contributed by atoms with Crippen molar-refractivity contribution in [2.24, 2.45) is 11.3 Å². The molecule has 0 heteroatoms. The minimum absolute atomic E-state index is 0.712. The maximum Gasteiger partial charge on any atom is -0.0298 e. The van der Waals surface area contributed by atoms with Crippen LogP contribution in [0.2, 0.25) is 0 Å². The van der Waals surface area contributed by atoms with E-state index in [9.17, 15) is 0 Å². The second-order valence-electron chi connectivity index (χ2n) is 4.40. The molecule has 0 aromatic rings. The minimum atomic E-state index is 0.712. The van der Waals surface area contributed by atoms with E-state index in [-0.39, 0.29) is 0 Å². The Hall–Kier alpha value is 0. The van der Waals surface area contributed by atoms with Crippen molar-refractivity contribution in [2.45, 2.75) is 59.3 Å². The van der Waals surface area contributed by atoms with Crippen molar-refractivity contribution < 1.29 is 0 Å². The Morgan fingerprint density at radius 2 is 2.09 bits per heavy atom. The average Bonchev–Trinajstić information content (AvgIpc) is 2.31. The second-order valence-corrected chi connectivity index (χ2v) is 4.40. The van der Waals surface area contributed by atoms with Crippen LogP contribution in [-0.4, -0.2) is 0 Å². The van der Waals surface area contributed by atoms with Crippen molar-refractivity contribution in [3.63, 3.8) is 0 Å². The predicted octanol–water partition coefficient (Wildman–Crippen LogP) is 4.00. The van der Waals surface area contributed by atoms with Crippen LogP contribution in [0.5, 0.6) is 0 Å². The maximum atomic E-state index is 2.50. The predicted molar refractivity (Wildman–Crippen MR) is 50.6 cm³/mol. The van der Waals surface area contributed by atoms with Crippen LogP contribution in [0.25, 0.3) is 0 Å². The highest BCUT2D eigenvalue weighted by atomic mass is 14.4. The van der Waals surface area contributed by atoms with Crippen LogP contribution in [0.15, 0.2) is 0 Å². The molecule has 66 valence electrons. The first-order valence-electron chi connectivity index (χ1n) is 5.23. The lowest BCUT2D eigenvalue weighted by atomic mass is 9.75. The van der Waals surface area contributed by atoms with E-state index in [1.807, 2.05) is 0 Å². The molecule has 0 spiro atoms. The molecule has 1 rings (SSSR count). The summed E-state index contributed by atoms with van der Waals surface area (Å²) in [6.45, 7) is 7.16. The van der Waals surface area contributed by atoms with Crippen LogP contribution >= 0.6 is 0 Å². The lowest BCUT2D eigenvalue weighted by Gasteiger charge is -2.30. The van der Waals surface area contributed by atoms with E-state index in [2.05, 4.69) is 20.8 Å². The summed E-state index contributed by atoms with van der Waals surface area (Å²) in [5, 5.41) is 0. The highest BCUT2D eigenvalue weighted by molar-refractivity contribution is 4.87. The van der Waals surface area contributed by atoms with Gasteiger partial charge in [0.2, 0.25) is 0 Å². The van der Waals surface area contributed by atoms with Crippen LogP contribution in [0.4, 0.5) is 0 Å². The topological polar surface area (TPSA) is 0 Å². The summed E-state index contributed by atoms with van der Waals surface area (Å²) in [6, 6.07) is 0. The molecule has 2 atom stereocenters. The van der Waals surface area contributed by atoms with E-state index in [1.54, 1.807) is 0 Å². The van der Waals surface area contributed by atoms with Gasteiger partial charge in [-0.1, -0.05) is 40.0 Å².